The monoisotopic (exact) mass is 304 g/mol. The summed E-state index contributed by atoms with van der Waals surface area (Å²) in [7, 11) is 0. The van der Waals surface area contributed by atoms with E-state index < -0.39 is 12.1 Å². The molecule has 2 rings (SSSR count). The Hall–Kier alpha value is -1.21. The van der Waals surface area contributed by atoms with Crippen molar-refractivity contribution in [2.24, 2.45) is 0 Å². The van der Waals surface area contributed by atoms with E-state index in [1.54, 1.807) is 12.1 Å². The maximum Gasteiger partial charge on any atom is 0.471 e. The molecule has 0 radical (unpaired) electrons. The Morgan fingerprint density at radius 2 is 2.20 bits per heavy atom. The minimum atomic E-state index is -4.87. The van der Waals surface area contributed by atoms with Crippen molar-refractivity contribution in [1.29, 1.82) is 0 Å². The van der Waals surface area contributed by atoms with Gasteiger partial charge in [-0.25, -0.2) is 0 Å². The lowest BCUT2D eigenvalue weighted by molar-refractivity contribution is -0.167. The van der Waals surface area contributed by atoms with Crippen LogP contribution in [0.2, 0.25) is 0 Å². The molecule has 0 bridgehead atoms. The van der Waals surface area contributed by atoms with Gasteiger partial charge in [-0.05, 0) is 29.9 Å². The molecular weight excluding hydrogens is 289 g/mol. The number of halogens is 3. The summed E-state index contributed by atoms with van der Waals surface area (Å²) in [6, 6.07) is 6.90. The number of amides is 1. The van der Waals surface area contributed by atoms with Crippen LogP contribution in [0, 0.1) is 0 Å². The van der Waals surface area contributed by atoms with Gasteiger partial charge in [0.1, 0.15) is 0 Å². The second-order valence-corrected chi connectivity index (χ2v) is 5.74. The number of alkyl halides is 3. The number of hydrogen-bond acceptors (Lipinski definition) is 3. The molecule has 0 saturated carbocycles. The van der Waals surface area contributed by atoms with E-state index in [1.807, 2.05) is 23.1 Å². The van der Waals surface area contributed by atoms with Crippen LogP contribution >= 0.6 is 11.8 Å². The Balaban J connectivity index is 1.91. The van der Waals surface area contributed by atoms with Crippen molar-refractivity contribution in [3.63, 3.8) is 0 Å². The highest BCUT2D eigenvalue weighted by molar-refractivity contribution is 7.99. The largest absolute Gasteiger partial charge is 0.471 e. The topological polar surface area (TPSA) is 41.1 Å². The zero-order valence-electron chi connectivity index (χ0n) is 10.7. The minimum Gasteiger partial charge on any atom is -0.318 e. The first-order valence-corrected chi connectivity index (χ1v) is 7.39. The Bertz CT molecular complexity index is 473. The van der Waals surface area contributed by atoms with E-state index in [-0.39, 0.29) is 5.69 Å². The fourth-order valence-electron chi connectivity index (χ4n) is 1.92. The molecule has 2 N–H and O–H groups in total. The fourth-order valence-corrected chi connectivity index (χ4v) is 3.11. The molecule has 3 nitrogen and oxygen atoms in total. The summed E-state index contributed by atoms with van der Waals surface area (Å²) in [6.07, 6.45) is -3.76. The van der Waals surface area contributed by atoms with Crippen molar-refractivity contribution in [3.05, 3.63) is 29.8 Å². The number of rotatable bonds is 4. The third kappa shape index (κ3) is 4.42. The first kappa shape index (κ1) is 15.2. The van der Waals surface area contributed by atoms with Crippen molar-refractivity contribution in [2.45, 2.75) is 25.2 Å². The lowest BCUT2D eigenvalue weighted by Crippen LogP contribution is -2.30. The molecule has 0 aromatic heterocycles. The quantitative estimate of drug-likeness (QED) is 0.899. The molecule has 1 amide bonds. The summed E-state index contributed by atoms with van der Waals surface area (Å²) >= 11 is 1.89. The number of hydrogen-bond donors (Lipinski definition) is 2. The normalized spacial score (nSPS) is 19.1. The number of nitrogens with one attached hydrogen (secondary N) is 2. The number of anilines is 1. The molecule has 1 heterocycles. The Morgan fingerprint density at radius 3 is 2.85 bits per heavy atom. The molecule has 1 atom stereocenters. The van der Waals surface area contributed by atoms with Crippen LogP contribution in [0.3, 0.4) is 0 Å². The maximum atomic E-state index is 12.2. The van der Waals surface area contributed by atoms with E-state index in [4.69, 9.17) is 0 Å². The molecule has 20 heavy (non-hydrogen) atoms. The standard InChI is InChI=1S/C13H15F3N2OS/c14-13(15,16)12(19)18-10-3-1-2-9(6-10)7-17-11-4-5-20-8-11/h1-3,6,11,17H,4-5,7-8H2,(H,18,19). The summed E-state index contributed by atoms with van der Waals surface area (Å²) < 4.78 is 36.5. The SMILES string of the molecule is O=C(Nc1cccc(CNC2CCSC2)c1)C(F)(F)F. The lowest BCUT2D eigenvalue weighted by Gasteiger charge is -2.12. The molecule has 1 fully saturated rings. The second kappa shape index (κ2) is 6.49. The van der Waals surface area contributed by atoms with Gasteiger partial charge in [-0.15, -0.1) is 0 Å². The van der Waals surface area contributed by atoms with Crippen molar-refractivity contribution in [3.8, 4) is 0 Å². The highest BCUT2D eigenvalue weighted by atomic mass is 32.2. The smallest absolute Gasteiger partial charge is 0.318 e. The number of benzene rings is 1. The first-order valence-electron chi connectivity index (χ1n) is 6.23. The summed E-state index contributed by atoms with van der Waals surface area (Å²) in [4.78, 5) is 10.9. The van der Waals surface area contributed by atoms with Crippen LogP contribution in [0.15, 0.2) is 24.3 Å². The van der Waals surface area contributed by atoms with Crippen molar-refractivity contribution < 1.29 is 18.0 Å². The van der Waals surface area contributed by atoms with E-state index in [0.29, 0.717) is 12.6 Å². The van der Waals surface area contributed by atoms with Crippen molar-refractivity contribution in [1.82, 2.24) is 5.32 Å². The summed E-state index contributed by atoms with van der Waals surface area (Å²) in [5.41, 5.74) is 1.01. The fraction of sp³-hybridized carbons (Fsp3) is 0.462. The molecule has 0 spiro atoms. The number of thioether (sulfide) groups is 1. The summed E-state index contributed by atoms with van der Waals surface area (Å²) in [5, 5.41) is 5.21. The van der Waals surface area contributed by atoms with Crippen molar-refractivity contribution in [2.75, 3.05) is 16.8 Å². The van der Waals surface area contributed by atoms with Gasteiger partial charge in [-0.2, -0.15) is 24.9 Å². The zero-order valence-corrected chi connectivity index (χ0v) is 11.5. The predicted octanol–water partition coefficient (Wildman–Crippen LogP) is 2.78. The molecule has 1 unspecified atom stereocenters. The molecule has 110 valence electrons. The Morgan fingerprint density at radius 1 is 1.40 bits per heavy atom. The highest BCUT2D eigenvalue weighted by Gasteiger charge is 2.38. The average molecular weight is 304 g/mol. The van der Waals surface area contributed by atoms with Crippen LogP contribution in [0.1, 0.15) is 12.0 Å². The van der Waals surface area contributed by atoms with Crippen molar-refractivity contribution >= 4 is 23.4 Å². The molecule has 1 aliphatic heterocycles. The van der Waals surface area contributed by atoms with Crippen LogP contribution in [0.4, 0.5) is 18.9 Å². The van der Waals surface area contributed by atoms with E-state index >= 15 is 0 Å². The zero-order chi connectivity index (χ0) is 14.6. The maximum absolute atomic E-state index is 12.2. The van der Waals surface area contributed by atoms with E-state index in [9.17, 15) is 18.0 Å². The molecule has 1 aliphatic rings. The lowest BCUT2D eigenvalue weighted by atomic mass is 10.1. The van der Waals surface area contributed by atoms with E-state index in [0.717, 1.165) is 23.5 Å². The van der Waals surface area contributed by atoms with Crippen LogP contribution in [0.5, 0.6) is 0 Å². The van der Waals surface area contributed by atoms with Gasteiger partial charge in [0.15, 0.2) is 0 Å². The number of carbonyl (C=O) groups is 1. The van der Waals surface area contributed by atoms with Crippen LogP contribution in [-0.2, 0) is 11.3 Å². The third-order valence-corrected chi connectivity index (χ3v) is 4.13. The van der Waals surface area contributed by atoms with E-state index in [2.05, 4.69) is 5.32 Å². The first-order chi connectivity index (χ1) is 9.45. The molecule has 7 heteroatoms. The molecule has 0 aliphatic carbocycles. The Kier molecular flexibility index (Phi) is 4.93. The van der Waals surface area contributed by atoms with Gasteiger partial charge in [0.05, 0.1) is 0 Å². The molecular formula is C13H15F3N2OS. The molecule has 1 aromatic carbocycles. The summed E-state index contributed by atoms with van der Waals surface area (Å²) in [6.45, 7) is 0.584. The molecule has 1 saturated heterocycles. The van der Waals surface area contributed by atoms with Crippen LogP contribution in [-0.4, -0.2) is 29.6 Å². The Labute approximate surface area is 119 Å². The van der Waals surface area contributed by atoms with Crippen LogP contribution in [0.25, 0.3) is 0 Å². The number of carbonyl (C=O) groups excluding carboxylic acids is 1. The van der Waals surface area contributed by atoms with Gasteiger partial charge < -0.3 is 10.6 Å². The van der Waals surface area contributed by atoms with Gasteiger partial charge in [-0.1, -0.05) is 12.1 Å². The summed E-state index contributed by atoms with van der Waals surface area (Å²) in [5.74, 6) is 0.249. The second-order valence-electron chi connectivity index (χ2n) is 4.59. The van der Waals surface area contributed by atoms with E-state index in [1.165, 1.54) is 6.07 Å². The van der Waals surface area contributed by atoms with Gasteiger partial charge >= 0.3 is 12.1 Å². The van der Waals surface area contributed by atoms with Gasteiger partial charge in [0.25, 0.3) is 0 Å². The van der Waals surface area contributed by atoms with Crippen LogP contribution < -0.4 is 10.6 Å². The third-order valence-electron chi connectivity index (χ3n) is 2.97. The minimum absolute atomic E-state index is 0.160. The molecule has 1 aromatic rings. The average Bonchev–Trinajstić information content (AvgIpc) is 2.89. The van der Waals surface area contributed by atoms with Gasteiger partial charge in [0.2, 0.25) is 0 Å². The highest BCUT2D eigenvalue weighted by Crippen LogP contribution is 2.20. The predicted molar refractivity (Wildman–Crippen MR) is 73.7 cm³/mol. The van der Waals surface area contributed by atoms with Gasteiger partial charge in [0, 0.05) is 24.0 Å². The van der Waals surface area contributed by atoms with Gasteiger partial charge in [-0.3, -0.25) is 4.79 Å².